The van der Waals surface area contributed by atoms with Gasteiger partial charge in [-0.3, -0.25) is 9.59 Å². The molecular weight excluding hydrogens is 923 g/mol. The van der Waals surface area contributed by atoms with Gasteiger partial charge in [0.1, 0.15) is 0 Å². The molecule has 2 unspecified atom stereocenters. The SMILES string of the molecule is CCC/C=C\C/C=C\CCCCCCCC(=O)OCCCCCCCCCCCCCCCCCCCCCCCCCCCCCCCCCCC(=O)NC(CO)C(O)/C=C/CCCCCCCCCCCCC. The number of carbonyl (C=O) groups is 2. The van der Waals surface area contributed by atoms with E-state index in [0.29, 0.717) is 19.4 Å². The fraction of sp³-hybridized carbons (Fsp3) is 0.884. The minimum atomic E-state index is -0.840. The lowest BCUT2D eigenvalue weighted by Gasteiger charge is -2.20. The minimum Gasteiger partial charge on any atom is -0.466 e. The van der Waals surface area contributed by atoms with Crippen LogP contribution in [0.1, 0.15) is 367 Å². The predicted octanol–water partition coefficient (Wildman–Crippen LogP) is 21.5. The van der Waals surface area contributed by atoms with Crippen LogP contribution in [0.25, 0.3) is 0 Å². The molecule has 2 atom stereocenters. The molecule has 0 aliphatic carbocycles. The standard InChI is InChI=1S/C69H131NO5/c1-3-5-7-9-11-13-15-37-41-45-49-53-57-61-67(72)66(65-71)70-68(73)62-58-54-50-46-42-39-35-33-31-29-27-25-23-21-19-17-18-20-22-24-26-28-30-32-34-36-40-44-48-52-56-60-64-75-69(74)63-59-55-51-47-43-38-16-14-12-10-8-6-4-2/h8,10,14,16,57,61,66-67,71-72H,3-7,9,11-13,15,17-56,58-60,62-65H2,1-2H3,(H,70,73)/b10-8-,16-14-,61-57+. The van der Waals surface area contributed by atoms with Crippen molar-refractivity contribution in [2.24, 2.45) is 0 Å². The Morgan fingerprint density at radius 3 is 1.07 bits per heavy atom. The molecule has 75 heavy (non-hydrogen) atoms. The summed E-state index contributed by atoms with van der Waals surface area (Å²) in [5.74, 6) is -0.0569. The van der Waals surface area contributed by atoms with Crippen LogP contribution in [0.5, 0.6) is 0 Å². The van der Waals surface area contributed by atoms with Gasteiger partial charge in [-0.15, -0.1) is 0 Å². The maximum absolute atomic E-state index is 12.5. The molecule has 0 aliphatic heterocycles. The van der Waals surface area contributed by atoms with Crippen molar-refractivity contribution in [3.8, 4) is 0 Å². The molecule has 0 saturated carbocycles. The van der Waals surface area contributed by atoms with Crippen LogP contribution < -0.4 is 5.32 Å². The summed E-state index contributed by atoms with van der Waals surface area (Å²) in [5.41, 5.74) is 0. The lowest BCUT2D eigenvalue weighted by atomic mass is 10.0. The van der Waals surface area contributed by atoms with Gasteiger partial charge >= 0.3 is 5.97 Å². The average molecular weight is 1050 g/mol. The highest BCUT2D eigenvalue weighted by Gasteiger charge is 2.18. The monoisotopic (exact) mass is 1050 g/mol. The van der Waals surface area contributed by atoms with Crippen LogP contribution in [-0.2, 0) is 14.3 Å². The van der Waals surface area contributed by atoms with Crippen molar-refractivity contribution in [2.45, 2.75) is 379 Å². The maximum Gasteiger partial charge on any atom is 0.305 e. The highest BCUT2D eigenvalue weighted by Crippen LogP contribution is 2.18. The van der Waals surface area contributed by atoms with Gasteiger partial charge in [0.2, 0.25) is 5.91 Å². The number of nitrogens with one attached hydrogen (secondary N) is 1. The number of amides is 1. The number of hydrogen-bond acceptors (Lipinski definition) is 5. The minimum absolute atomic E-state index is 0.00556. The molecule has 0 rings (SSSR count). The van der Waals surface area contributed by atoms with Gasteiger partial charge in [0.05, 0.1) is 25.4 Å². The molecule has 0 fully saturated rings. The average Bonchev–Trinajstić information content (AvgIpc) is 3.41. The zero-order valence-electron chi connectivity index (χ0n) is 50.5. The summed E-state index contributed by atoms with van der Waals surface area (Å²) in [7, 11) is 0. The summed E-state index contributed by atoms with van der Waals surface area (Å²) in [6.07, 6.45) is 82.3. The summed E-state index contributed by atoms with van der Waals surface area (Å²) in [6.45, 7) is 4.85. The van der Waals surface area contributed by atoms with E-state index in [1.165, 1.54) is 289 Å². The van der Waals surface area contributed by atoms with Crippen LogP contribution in [-0.4, -0.2) is 47.4 Å². The first-order chi connectivity index (χ1) is 37.0. The first-order valence-electron chi connectivity index (χ1n) is 33.8. The van der Waals surface area contributed by atoms with Crippen LogP contribution in [0.3, 0.4) is 0 Å². The molecule has 0 saturated heterocycles. The van der Waals surface area contributed by atoms with Crippen LogP contribution in [0.15, 0.2) is 36.5 Å². The number of rotatable bonds is 63. The van der Waals surface area contributed by atoms with Gasteiger partial charge in [-0.05, 0) is 57.8 Å². The highest BCUT2D eigenvalue weighted by molar-refractivity contribution is 5.76. The summed E-state index contributed by atoms with van der Waals surface area (Å²) >= 11 is 0. The molecule has 0 spiro atoms. The van der Waals surface area contributed by atoms with Crippen molar-refractivity contribution in [1.29, 1.82) is 0 Å². The Morgan fingerprint density at radius 1 is 0.373 bits per heavy atom. The van der Waals surface area contributed by atoms with Gasteiger partial charge in [0, 0.05) is 12.8 Å². The number of hydrogen-bond donors (Lipinski definition) is 3. The third kappa shape index (κ3) is 61.2. The number of carbonyl (C=O) groups excluding carboxylic acids is 2. The Bertz CT molecular complexity index is 1210. The molecule has 0 radical (unpaired) electrons. The summed E-state index contributed by atoms with van der Waals surface area (Å²) in [6, 6.07) is -0.623. The molecule has 0 heterocycles. The molecule has 0 aromatic heterocycles. The fourth-order valence-corrected chi connectivity index (χ4v) is 10.5. The van der Waals surface area contributed by atoms with E-state index in [0.717, 1.165) is 51.4 Å². The third-order valence-electron chi connectivity index (χ3n) is 15.6. The molecule has 0 aromatic carbocycles. The van der Waals surface area contributed by atoms with Crippen LogP contribution in [0.4, 0.5) is 0 Å². The van der Waals surface area contributed by atoms with Crippen molar-refractivity contribution in [2.75, 3.05) is 13.2 Å². The van der Waals surface area contributed by atoms with Crippen LogP contribution >= 0.6 is 0 Å². The molecular formula is C69H131NO5. The zero-order valence-corrected chi connectivity index (χ0v) is 50.5. The van der Waals surface area contributed by atoms with Crippen molar-refractivity contribution < 1.29 is 24.5 Å². The first kappa shape index (κ1) is 73.1. The molecule has 3 N–H and O–H groups in total. The van der Waals surface area contributed by atoms with Gasteiger partial charge in [-0.1, -0.05) is 333 Å². The second-order valence-corrected chi connectivity index (χ2v) is 23.2. The number of unbranched alkanes of at least 4 members (excludes halogenated alkanes) is 48. The van der Waals surface area contributed by atoms with Crippen molar-refractivity contribution in [1.82, 2.24) is 5.32 Å². The van der Waals surface area contributed by atoms with Gasteiger partial charge in [-0.25, -0.2) is 0 Å². The van der Waals surface area contributed by atoms with E-state index in [1.807, 2.05) is 6.08 Å². The summed E-state index contributed by atoms with van der Waals surface area (Å²) in [5, 5.41) is 23.1. The van der Waals surface area contributed by atoms with Crippen molar-refractivity contribution in [3.63, 3.8) is 0 Å². The zero-order chi connectivity index (χ0) is 54.3. The lowest BCUT2D eigenvalue weighted by Crippen LogP contribution is -2.45. The topological polar surface area (TPSA) is 95.9 Å². The number of aliphatic hydroxyl groups excluding tert-OH is 2. The van der Waals surface area contributed by atoms with E-state index < -0.39 is 12.1 Å². The van der Waals surface area contributed by atoms with Crippen LogP contribution in [0.2, 0.25) is 0 Å². The predicted molar refractivity (Wildman–Crippen MR) is 329 cm³/mol. The summed E-state index contributed by atoms with van der Waals surface area (Å²) in [4.78, 5) is 24.5. The van der Waals surface area contributed by atoms with Gasteiger partial charge < -0.3 is 20.3 Å². The Kier molecular flexibility index (Phi) is 63.0. The van der Waals surface area contributed by atoms with Crippen molar-refractivity contribution in [3.05, 3.63) is 36.5 Å². The normalized spacial score (nSPS) is 12.7. The Balaban J connectivity index is 3.33. The summed E-state index contributed by atoms with van der Waals surface area (Å²) < 4.78 is 5.48. The molecule has 0 aromatic rings. The number of ether oxygens (including phenoxy) is 1. The second-order valence-electron chi connectivity index (χ2n) is 23.2. The first-order valence-corrected chi connectivity index (χ1v) is 33.8. The van der Waals surface area contributed by atoms with E-state index in [2.05, 4.69) is 43.5 Å². The smallest absolute Gasteiger partial charge is 0.305 e. The maximum atomic E-state index is 12.5. The molecule has 6 heteroatoms. The fourth-order valence-electron chi connectivity index (χ4n) is 10.5. The van der Waals surface area contributed by atoms with Crippen LogP contribution in [0, 0.1) is 0 Å². The Labute approximate surface area is 468 Å². The van der Waals surface area contributed by atoms with Gasteiger partial charge in [0.15, 0.2) is 0 Å². The Morgan fingerprint density at radius 2 is 0.693 bits per heavy atom. The Hall–Kier alpha value is -1.92. The van der Waals surface area contributed by atoms with E-state index in [-0.39, 0.29) is 18.5 Å². The molecule has 442 valence electrons. The van der Waals surface area contributed by atoms with E-state index in [4.69, 9.17) is 4.74 Å². The largest absolute Gasteiger partial charge is 0.466 e. The van der Waals surface area contributed by atoms with E-state index in [9.17, 15) is 19.8 Å². The highest BCUT2D eigenvalue weighted by atomic mass is 16.5. The number of allylic oxidation sites excluding steroid dienone is 5. The third-order valence-corrected chi connectivity index (χ3v) is 15.6. The molecule has 0 aliphatic rings. The number of esters is 1. The molecule has 6 nitrogen and oxygen atoms in total. The molecule has 0 bridgehead atoms. The van der Waals surface area contributed by atoms with E-state index >= 15 is 0 Å². The molecule has 1 amide bonds. The van der Waals surface area contributed by atoms with E-state index in [1.54, 1.807) is 6.08 Å². The van der Waals surface area contributed by atoms with Crippen molar-refractivity contribution >= 4 is 11.9 Å². The van der Waals surface area contributed by atoms with Gasteiger partial charge in [0.25, 0.3) is 0 Å². The quantitative estimate of drug-likeness (QED) is 0.0320. The van der Waals surface area contributed by atoms with Gasteiger partial charge in [-0.2, -0.15) is 0 Å². The lowest BCUT2D eigenvalue weighted by molar-refractivity contribution is -0.143. The number of aliphatic hydroxyl groups is 2. The second kappa shape index (κ2) is 64.6.